The van der Waals surface area contributed by atoms with Gasteiger partial charge in [0.15, 0.2) is 5.16 Å². The highest BCUT2D eigenvalue weighted by molar-refractivity contribution is 7.98. The summed E-state index contributed by atoms with van der Waals surface area (Å²) in [4.78, 5) is 23.8. The van der Waals surface area contributed by atoms with Crippen molar-refractivity contribution in [3.63, 3.8) is 0 Å². The topological polar surface area (TPSA) is 67.4 Å². The van der Waals surface area contributed by atoms with Gasteiger partial charge in [0.25, 0.3) is 5.91 Å². The Morgan fingerprint density at radius 3 is 2.48 bits per heavy atom. The van der Waals surface area contributed by atoms with E-state index in [1.807, 2.05) is 31.2 Å². The molecule has 1 N–H and O–H groups in total. The smallest absolute Gasteiger partial charge is 0.251 e. The van der Waals surface area contributed by atoms with Crippen LogP contribution >= 0.6 is 11.8 Å². The molecule has 1 aromatic heterocycles. The van der Waals surface area contributed by atoms with Gasteiger partial charge >= 0.3 is 0 Å². The zero-order valence-electron chi connectivity index (χ0n) is 17.7. The minimum Gasteiger partial charge on any atom is -0.378 e. The number of amides is 1. The summed E-state index contributed by atoms with van der Waals surface area (Å²) in [6.45, 7) is 12.2. The summed E-state index contributed by atoms with van der Waals surface area (Å²) in [5.41, 5.74) is 2.82. The highest BCUT2D eigenvalue weighted by Gasteiger charge is 2.21. The van der Waals surface area contributed by atoms with E-state index in [1.165, 1.54) is 0 Å². The maximum absolute atomic E-state index is 11.9. The van der Waals surface area contributed by atoms with Crippen LogP contribution in [0.15, 0.2) is 35.5 Å². The Labute approximate surface area is 177 Å². The number of ether oxygens (including phenoxy) is 1. The highest BCUT2D eigenvalue weighted by Crippen LogP contribution is 2.28. The number of hydrogen-bond donors (Lipinski definition) is 1. The number of morpholine rings is 1. The number of nitrogens with zero attached hydrogens (tertiary/aromatic N) is 3. The largest absolute Gasteiger partial charge is 0.378 e. The molecule has 0 radical (unpaired) electrons. The van der Waals surface area contributed by atoms with Gasteiger partial charge in [-0.05, 0) is 24.6 Å². The number of carbonyl (C=O) groups excluding carboxylic acids is 1. The Morgan fingerprint density at radius 1 is 1.17 bits per heavy atom. The summed E-state index contributed by atoms with van der Waals surface area (Å²) < 4.78 is 5.48. The van der Waals surface area contributed by atoms with Crippen LogP contribution in [0.2, 0.25) is 0 Å². The number of thioether (sulfide) groups is 1. The van der Waals surface area contributed by atoms with Crippen LogP contribution in [0.5, 0.6) is 0 Å². The maximum atomic E-state index is 11.9. The number of rotatable bonds is 6. The predicted octanol–water partition coefficient (Wildman–Crippen LogP) is 3.65. The third kappa shape index (κ3) is 5.93. The minimum absolute atomic E-state index is 0.0388. The van der Waals surface area contributed by atoms with E-state index in [4.69, 9.17) is 14.7 Å². The van der Waals surface area contributed by atoms with Gasteiger partial charge in [-0.3, -0.25) is 4.79 Å². The first-order valence-electron chi connectivity index (χ1n) is 10.1. The fraction of sp³-hybridized carbons (Fsp3) is 0.500. The molecule has 6 nitrogen and oxygen atoms in total. The minimum atomic E-state index is -0.0480. The van der Waals surface area contributed by atoms with Crippen molar-refractivity contribution in [1.82, 2.24) is 15.3 Å². The molecule has 0 spiro atoms. The van der Waals surface area contributed by atoms with Crippen molar-refractivity contribution in [1.29, 1.82) is 0 Å². The number of nitrogens with one attached hydrogen (secondary N) is 1. The lowest BCUT2D eigenvalue weighted by molar-refractivity contribution is 0.0956. The van der Waals surface area contributed by atoms with Crippen LogP contribution in [-0.2, 0) is 15.9 Å². The van der Waals surface area contributed by atoms with Crippen molar-refractivity contribution in [2.45, 2.75) is 44.0 Å². The van der Waals surface area contributed by atoms with E-state index in [9.17, 15) is 4.79 Å². The Bertz CT molecular complexity index is 828. The van der Waals surface area contributed by atoms with E-state index in [-0.39, 0.29) is 11.3 Å². The lowest BCUT2D eigenvalue weighted by Gasteiger charge is -2.29. The Hall–Kier alpha value is -2.12. The monoisotopic (exact) mass is 414 g/mol. The predicted molar refractivity (Wildman–Crippen MR) is 118 cm³/mol. The van der Waals surface area contributed by atoms with Gasteiger partial charge in [0, 0.05) is 42.4 Å². The van der Waals surface area contributed by atoms with Crippen molar-refractivity contribution in [2.24, 2.45) is 0 Å². The molecule has 0 atom stereocenters. The van der Waals surface area contributed by atoms with Crippen LogP contribution in [0.25, 0.3) is 0 Å². The zero-order valence-corrected chi connectivity index (χ0v) is 18.5. The second kappa shape index (κ2) is 9.59. The van der Waals surface area contributed by atoms with Crippen LogP contribution < -0.4 is 10.2 Å². The van der Waals surface area contributed by atoms with E-state index in [1.54, 1.807) is 11.8 Å². The van der Waals surface area contributed by atoms with Crippen molar-refractivity contribution in [2.75, 3.05) is 37.7 Å². The summed E-state index contributed by atoms with van der Waals surface area (Å²) in [6, 6.07) is 9.83. The fourth-order valence-electron chi connectivity index (χ4n) is 2.98. The number of aromatic nitrogens is 2. The summed E-state index contributed by atoms with van der Waals surface area (Å²) >= 11 is 1.63. The molecule has 1 aromatic carbocycles. The molecule has 0 aliphatic carbocycles. The van der Waals surface area contributed by atoms with Crippen LogP contribution in [-0.4, -0.2) is 48.7 Å². The van der Waals surface area contributed by atoms with E-state index in [2.05, 4.69) is 37.1 Å². The summed E-state index contributed by atoms with van der Waals surface area (Å²) in [7, 11) is 0. The average molecular weight is 415 g/mol. The first-order chi connectivity index (χ1) is 13.9. The summed E-state index contributed by atoms with van der Waals surface area (Å²) in [5.74, 6) is 1.69. The molecule has 1 amide bonds. The molecule has 0 bridgehead atoms. The third-order valence-electron chi connectivity index (χ3n) is 4.72. The molecule has 156 valence electrons. The van der Waals surface area contributed by atoms with E-state index < -0.39 is 0 Å². The van der Waals surface area contributed by atoms with Crippen LogP contribution in [0.1, 0.15) is 49.3 Å². The third-order valence-corrected chi connectivity index (χ3v) is 5.64. The molecular weight excluding hydrogens is 384 g/mol. The van der Waals surface area contributed by atoms with Gasteiger partial charge in [-0.15, -0.1) is 0 Å². The average Bonchev–Trinajstić information content (AvgIpc) is 2.72. The maximum Gasteiger partial charge on any atom is 0.251 e. The molecule has 1 aliphatic heterocycles. The second-order valence-corrected chi connectivity index (χ2v) is 9.03. The normalized spacial score (nSPS) is 14.7. The van der Waals surface area contributed by atoms with E-state index in [0.29, 0.717) is 12.1 Å². The van der Waals surface area contributed by atoms with Gasteiger partial charge in [0.05, 0.1) is 18.9 Å². The van der Waals surface area contributed by atoms with Crippen molar-refractivity contribution >= 4 is 23.5 Å². The summed E-state index contributed by atoms with van der Waals surface area (Å²) in [5, 5.41) is 3.60. The van der Waals surface area contributed by atoms with Gasteiger partial charge in [0.1, 0.15) is 5.82 Å². The summed E-state index contributed by atoms with van der Waals surface area (Å²) in [6.07, 6.45) is 0. The zero-order chi connectivity index (χ0) is 20.9. The Kier molecular flexibility index (Phi) is 7.14. The lowest BCUT2D eigenvalue weighted by atomic mass is 9.92. The SMILES string of the molecule is CCNC(=O)c1ccc(CSc2nc(N3CCOCC3)cc(C(C)(C)C)n2)cc1. The molecular formula is C22H30N4O2S. The Balaban J connectivity index is 1.74. The fourth-order valence-corrected chi connectivity index (χ4v) is 3.79. The molecule has 0 unspecified atom stereocenters. The first kappa shape index (κ1) is 21.6. The molecule has 1 saturated heterocycles. The Morgan fingerprint density at radius 2 is 1.86 bits per heavy atom. The molecule has 2 heterocycles. The highest BCUT2D eigenvalue weighted by atomic mass is 32.2. The molecule has 7 heteroatoms. The second-order valence-electron chi connectivity index (χ2n) is 8.09. The van der Waals surface area contributed by atoms with E-state index in [0.717, 1.165) is 54.3 Å². The molecule has 1 fully saturated rings. The number of carbonyl (C=O) groups is 1. The quantitative estimate of drug-likeness (QED) is 0.575. The van der Waals surface area contributed by atoms with Gasteiger partial charge < -0.3 is 15.0 Å². The van der Waals surface area contributed by atoms with Crippen LogP contribution in [0.3, 0.4) is 0 Å². The molecule has 29 heavy (non-hydrogen) atoms. The van der Waals surface area contributed by atoms with Crippen molar-refractivity contribution in [3.8, 4) is 0 Å². The first-order valence-corrected chi connectivity index (χ1v) is 11.1. The van der Waals surface area contributed by atoms with E-state index >= 15 is 0 Å². The lowest BCUT2D eigenvalue weighted by Crippen LogP contribution is -2.37. The standard InChI is InChI=1S/C22H30N4O2S/c1-5-23-20(27)17-8-6-16(7-9-17)15-29-21-24-18(22(2,3)4)14-19(25-21)26-10-12-28-13-11-26/h6-9,14H,5,10-13,15H2,1-4H3,(H,23,27). The van der Waals surface area contributed by atoms with Crippen molar-refractivity contribution in [3.05, 3.63) is 47.2 Å². The van der Waals surface area contributed by atoms with Gasteiger partial charge in [-0.1, -0.05) is 44.7 Å². The number of hydrogen-bond acceptors (Lipinski definition) is 6. The molecule has 0 saturated carbocycles. The van der Waals surface area contributed by atoms with Gasteiger partial charge in [-0.25, -0.2) is 9.97 Å². The van der Waals surface area contributed by atoms with Gasteiger partial charge in [-0.2, -0.15) is 0 Å². The number of anilines is 1. The van der Waals surface area contributed by atoms with Gasteiger partial charge in [0.2, 0.25) is 0 Å². The number of benzene rings is 1. The van der Waals surface area contributed by atoms with Crippen molar-refractivity contribution < 1.29 is 9.53 Å². The van der Waals surface area contributed by atoms with Crippen LogP contribution in [0, 0.1) is 0 Å². The molecule has 2 aromatic rings. The molecule has 3 rings (SSSR count). The van der Waals surface area contributed by atoms with Crippen LogP contribution in [0.4, 0.5) is 5.82 Å². The molecule has 1 aliphatic rings.